The molecule has 0 amide bonds. The molecule has 3 aromatic heterocycles. The van der Waals surface area contributed by atoms with Gasteiger partial charge in [0.25, 0.3) is 0 Å². The highest BCUT2D eigenvalue weighted by Crippen LogP contribution is 2.50. The van der Waals surface area contributed by atoms with Gasteiger partial charge in [-0.1, -0.05) is 97.1 Å². The topological polar surface area (TPSA) is 53.9 Å². The van der Waals surface area contributed by atoms with E-state index < -0.39 is 0 Å². The maximum atomic E-state index is 4.87. The van der Waals surface area contributed by atoms with Gasteiger partial charge in [-0.25, -0.2) is 0 Å². The Kier molecular flexibility index (Phi) is 6.46. The lowest BCUT2D eigenvalue weighted by Gasteiger charge is -2.28. The monoisotopic (exact) mass is 603 g/mol. The van der Waals surface area contributed by atoms with Crippen LogP contribution in [0.3, 0.4) is 0 Å². The molecule has 1 N–H and O–H groups in total. The van der Waals surface area contributed by atoms with E-state index in [1.807, 2.05) is 36.8 Å². The van der Waals surface area contributed by atoms with Crippen molar-refractivity contribution in [2.24, 2.45) is 0 Å². The van der Waals surface area contributed by atoms with E-state index in [4.69, 9.17) is 15.0 Å². The van der Waals surface area contributed by atoms with E-state index >= 15 is 0 Å². The largest absolute Gasteiger partial charge is 0.358 e. The van der Waals surface area contributed by atoms with Crippen molar-refractivity contribution in [3.05, 3.63) is 170 Å². The summed E-state index contributed by atoms with van der Waals surface area (Å²) >= 11 is 0. The van der Waals surface area contributed by atoms with Gasteiger partial charge in [0.05, 0.1) is 28.1 Å². The van der Waals surface area contributed by atoms with E-state index in [2.05, 4.69) is 138 Å². The highest BCUT2D eigenvalue weighted by atomic mass is 15.3. The zero-order valence-corrected chi connectivity index (χ0v) is 25.5. The highest BCUT2D eigenvalue weighted by Gasteiger charge is 2.34. The van der Waals surface area contributed by atoms with Crippen LogP contribution in [0.4, 0.5) is 17.1 Å². The van der Waals surface area contributed by atoms with E-state index in [1.54, 1.807) is 0 Å². The fourth-order valence-electron chi connectivity index (χ4n) is 6.85. The Labute approximate surface area is 272 Å². The first-order chi connectivity index (χ1) is 23.3. The lowest BCUT2D eigenvalue weighted by atomic mass is 9.92. The molecule has 5 aromatic carbocycles. The minimum Gasteiger partial charge on any atom is -0.358 e. The zero-order chi connectivity index (χ0) is 31.2. The number of para-hydroxylation sites is 3. The van der Waals surface area contributed by atoms with Crippen LogP contribution in [0.1, 0.15) is 11.7 Å². The second-order valence-corrected chi connectivity index (χ2v) is 11.8. The van der Waals surface area contributed by atoms with Crippen LogP contribution in [-0.2, 0) is 0 Å². The minimum atomic E-state index is -0.205. The van der Waals surface area contributed by atoms with Crippen LogP contribution in [0.2, 0.25) is 0 Å². The molecule has 0 aliphatic carbocycles. The Morgan fingerprint density at radius 3 is 1.72 bits per heavy atom. The molecule has 4 heterocycles. The lowest BCUT2D eigenvalue weighted by molar-refractivity contribution is 0.829. The molecule has 8 aromatic rings. The Hall–Kier alpha value is -6.33. The molecule has 222 valence electrons. The first kappa shape index (κ1) is 27.0. The number of pyridine rings is 3. The van der Waals surface area contributed by atoms with Gasteiger partial charge in [0, 0.05) is 51.7 Å². The SMILES string of the molecule is c1ccc(-c2nccc3c2NC(c2cc(-c4cccc5cccnc45)cc(-c4cccc5cccnc45)c2)N3c2ccccc2)cc1. The van der Waals surface area contributed by atoms with Crippen LogP contribution < -0.4 is 10.2 Å². The lowest BCUT2D eigenvalue weighted by Crippen LogP contribution is -2.23. The zero-order valence-electron chi connectivity index (χ0n) is 25.5. The van der Waals surface area contributed by atoms with Crippen molar-refractivity contribution in [2.45, 2.75) is 6.17 Å². The smallest absolute Gasteiger partial charge is 0.130 e. The third-order valence-corrected chi connectivity index (χ3v) is 8.97. The first-order valence-electron chi connectivity index (χ1n) is 15.8. The van der Waals surface area contributed by atoms with Crippen molar-refractivity contribution < 1.29 is 0 Å². The average Bonchev–Trinajstić information content (AvgIpc) is 3.55. The normalized spacial score (nSPS) is 13.9. The average molecular weight is 604 g/mol. The number of fused-ring (bicyclic) bond motifs is 3. The molecule has 9 rings (SSSR count). The molecular formula is C42H29N5. The Bertz CT molecular complexity index is 2300. The van der Waals surface area contributed by atoms with Crippen LogP contribution in [0.5, 0.6) is 0 Å². The number of hydrogen-bond donors (Lipinski definition) is 1. The molecule has 1 atom stereocenters. The van der Waals surface area contributed by atoms with Crippen LogP contribution in [0.15, 0.2) is 164 Å². The summed E-state index contributed by atoms with van der Waals surface area (Å²) < 4.78 is 0. The van der Waals surface area contributed by atoms with Crippen LogP contribution in [0, 0.1) is 0 Å². The predicted molar refractivity (Wildman–Crippen MR) is 193 cm³/mol. The summed E-state index contributed by atoms with van der Waals surface area (Å²) in [5.41, 5.74) is 12.7. The third kappa shape index (κ3) is 4.68. The van der Waals surface area contributed by atoms with Crippen LogP contribution in [-0.4, -0.2) is 15.0 Å². The van der Waals surface area contributed by atoms with Gasteiger partial charge in [-0.2, -0.15) is 0 Å². The second kappa shape index (κ2) is 11.2. The third-order valence-electron chi connectivity index (χ3n) is 8.97. The van der Waals surface area contributed by atoms with Crippen molar-refractivity contribution in [1.82, 2.24) is 15.0 Å². The fourth-order valence-corrected chi connectivity index (χ4v) is 6.85. The van der Waals surface area contributed by atoms with Crippen molar-refractivity contribution >= 4 is 38.9 Å². The minimum absolute atomic E-state index is 0.205. The molecule has 47 heavy (non-hydrogen) atoms. The van der Waals surface area contributed by atoms with E-state index in [-0.39, 0.29) is 6.17 Å². The van der Waals surface area contributed by atoms with Crippen molar-refractivity contribution in [3.63, 3.8) is 0 Å². The van der Waals surface area contributed by atoms with Gasteiger partial charge in [-0.05, 0) is 65.2 Å². The summed E-state index contributed by atoms with van der Waals surface area (Å²) in [5.74, 6) is 0. The molecule has 1 aliphatic rings. The van der Waals surface area contributed by atoms with Gasteiger partial charge in [0.15, 0.2) is 0 Å². The summed E-state index contributed by atoms with van der Waals surface area (Å²) in [6.07, 6.45) is 5.45. The number of benzene rings is 5. The van der Waals surface area contributed by atoms with Gasteiger partial charge < -0.3 is 10.2 Å². The van der Waals surface area contributed by atoms with Crippen LogP contribution >= 0.6 is 0 Å². The molecule has 0 saturated heterocycles. The van der Waals surface area contributed by atoms with Gasteiger partial charge in [0.2, 0.25) is 0 Å². The van der Waals surface area contributed by atoms with Crippen molar-refractivity contribution in [1.29, 1.82) is 0 Å². The fraction of sp³-hybridized carbons (Fsp3) is 0.0238. The molecule has 0 bridgehead atoms. The molecule has 1 unspecified atom stereocenters. The maximum absolute atomic E-state index is 4.87. The molecule has 0 saturated carbocycles. The van der Waals surface area contributed by atoms with E-state index in [0.717, 1.165) is 77.9 Å². The number of hydrogen-bond acceptors (Lipinski definition) is 5. The summed E-state index contributed by atoms with van der Waals surface area (Å²) in [6, 6.07) is 51.0. The number of aromatic nitrogens is 3. The molecular weight excluding hydrogens is 574 g/mol. The highest BCUT2D eigenvalue weighted by molar-refractivity contribution is 5.98. The molecule has 0 spiro atoms. The number of nitrogens with one attached hydrogen (secondary N) is 1. The summed E-state index contributed by atoms with van der Waals surface area (Å²) in [6.45, 7) is 0. The Morgan fingerprint density at radius 2 is 1.09 bits per heavy atom. The van der Waals surface area contributed by atoms with Crippen molar-refractivity contribution in [2.75, 3.05) is 10.2 Å². The second-order valence-electron chi connectivity index (χ2n) is 11.8. The summed E-state index contributed by atoms with van der Waals surface area (Å²) in [5, 5.41) is 6.15. The number of anilines is 3. The summed E-state index contributed by atoms with van der Waals surface area (Å²) in [4.78, 5) is 16.9. The number of nitrogens with zero attached hydrogens (tertiary/aromatic N) is 4. The number of rotatable bonds is 5. The Morgan fingerprint density at radius 1 is 0.489 bits per heavy atom. The predicted octanol–water partition coefficient (Wildman–Crippen LogP) is 10.4. The van der Waals surface area contributed by atoms with E-state index in [9.17, 15) is 0 Å². The Balaban J connectivity index is 1.29. The quantitative estimate of drug-likeness (QED) is 0.212. The van der Waals surface area contributed by atoms with E-state index in [1.165, 1.54) is 0 Å². The molecule has 5 nitrogen and oxygen atoms in total. The molecule has 0 fully saturated rings. The van der Waals surface area contributed by atoms with Gasteiger partial charge in [0.1, 0.15) is 6.17 Å². The molecule has 0 radical (unpaired) electrons. The van der Waals surface area contributed by atoms with Gasteiger partial charge in [-0.3, -0.25) is 15.0 Å². The van der Waals surface area contributed by atoms with E-state index in [0.29, 0.717) is 0 Å². The van der Waals surface area contributed by atoms with Gasteiger partial charge >= 0.3 is 0 Å². The standard InChI is InChI=1S/C42H29N5/c1-3-11-30(12-4-1)40-41-37(21-24-45-40)47(34-17-5-2-6-18-34)42(46-41)33-26-31(35-19-7-13-28-15-9-22-43-38(28)35)25-32(27-33)36-20-8-14-29-16-10-23-44-39(29)36/h1-27,42,46H. The van der Waals surface area contributed by atoms with Crippen LogP contribution in [0.25, 0.3) is 55.3 Å². The maximum Gasteiger partial charge on any atom is 0.130 e. The van der Waals surface area contributed by atoms with Gasteiger partial charge in [-0.15, -0.1) is 0 Å². The molecule has 5 heteroatoms. The first-order valence-corrected chi connectivity index (χ1v) is 15.8. The summed E-state index contributed by atoms with van der Waals surface area (Å²) in [7, 11) is 0. The van der Waals surface area contributed by atoms with Crippen molar-refractivity contribution in [3.8, 4) is 33.5 Å². The molecule has 1 aliphatic heterocycles.